The number of carbonyl (C=O) groups excluding carboxylic acids is 2. The third-order valence-electron chi connectivity index (χ3n) is 12.1. The number of aliphatic hydroxyl groups excluding tert-OH is 1. The number of hydrogen-bond acceptors (Lipinski definition) is 7. The summed E-state index contributed by atoms with van der Waals surface area (Å²) < 4.78 is 12.1. The predicted octanol–water partition coefficient (Wildman–Crippen LogP) is 12.6. The molecule has 1 fully saturated rings. The van der Waals surface area contributed by atoms with Crippen molar-refractivity contribution in [2.24, 2.45) is 17.3 Å². The van der Waals surface area contributed by atoms with Gasteiger partial charge in [0, 0.05) is 6.61 Å². The minimum absolute atomic E-state index is 0.0326. The Morgan fingerprint density at radius 3 is 1.25 bits per heavy atom. The molecule has 0 bridgehead atoms. The Labute approximate surface area is 343 Å². The first-order valence-corrected chi connectivity index (χ1v) is 24.0. The topological polar surface area (TPSA) is 79.3 Å². The van der Waals surface area contributed by atoms with Crippen LogP contribution < -0.4 is 0 Å². The van der Waals surface area contributed by atoms with E-state index in [4.69, 9.17) is 14.6 Å². The van der Waals surface area contributed by atoms with Crippen molar-refractivity contribution in [3.05, 3.63) is 0 Å². The minimum atomic E-state index is 0.0326. The Morgan fingerprint density at radius 1 is 0.564 bits per heavy atom. The lowest BCUT2D eigenvalue weighted by Crippen LogP contribution is -2.40. The lowest BCUT2D eigenvalue weighted by atomic mass is 9.73. The molecule has 328 valence electrons. The first-order chi connectivity index (χ1) is 26.7. The number of likely N-dealkylation sites (tertiary alicyclic amines) is 1. The van der Waals surface area contributed by atoms with Crippen LogP contribution in [0.3, 0.4) is 0 Å². The molecule has 0 saturated carbocycles. The monoisotopic (exact) mass is 781 g/mol. The zero-order valence-corrected chi connectivity index (χ0v) is 38.1. The van der Waals surface area contributed by atoms with Gasteiger partial charge in [0.25, 0.3) is 0 Å². The van der Waals surface area contributed by atoms with Gasteiger partial charge in [0.1, 0.15) is 0 Å². The van der Waals surface area contributed by atoms with Gasteiger partial charge in [0.05, 0.1) is 25.0 Å². The van der Waals surface area contributed by atoms with E-state index in [2.05, 4.69) is 44.5 Å². The van der Waals surface area contributed by atoms with Gasteiger partial charge in [-0.05, 0) is 110 Å². The van der Waals surface area contributed by atoms with Crippen LogP contribution in [0.15, 0.2) is 0 Å². The Hall–Kier alpha value is -1.18. The normalized spacial score (nSPS) is 15.4. The second kappa shape index (κ2) is 38.3. The molecule has 1 N–H and O–H groups in total. The predicted molar refractivity (Wildman–Crippen MR) is 236 cm³/mol. The van der Waals surface area contributed by atoms with Crippen LogP contribution in [0.1, 0.15) is 220 Å². The average molecular weight is 781 g/mol. The molecule has 55 heavy (non-hydrogen) atoms. The zero-order valence-electron chi connectivity index (χ0n) is 38.1. The van der Waals surface area contributed by atoms with Gasteiger partial charge in [0.2, 0.25) is 0 Å². The zero-order chi connectivity index (χ0) is 40.8. The van der Waals surface area contributed by atoms with Crippen molar-refractivity contribution in [3.63, 3.8) is 0 Å². The molecule has 1 saturated heterocycles. The van der Waals surface area contributed by atoms with E-state index >= 15 is 0 Å². The Morgan fingerprint density at radius 2 is 0.909 bits per heavy atom. The van der Waals surface area contributed by atoms with Gasteiger partial charge in [0.15, 0.2) is 0 Å². The maximum absolute atomic E-state index is 13.3. The molecule has 0 radical (unpaired) electrons. The molecule has 7 heteroatoms. The second-order valence-electron chi connectivity index (χ2n) is 17.6. The van der Waals surface area contributed by atoms with Gasteiger partial charge >= 0.3 is 11.9 Å². The first kappa shape index (κ1) is 53.8. The maximum Gasteiger partial charge on any atom is 0.308 e. The van der Waals surface area contributed by atoms with E-state index in [0.717, 1.165) is 110 Å². The minimum Gasteiger partial charge on any atom is -0.465 e. The summed E-state index contributed by atoms with van der Waals surface area (Å²) in [6, 6.07) is 0. The number of ether oxygens (including phenoxy) is 2. The van der Waals surface area contributed by atoms with Crippen LogP contribution in [0.2, 0.25) is 0 Å². The Balaban J connectivity index is 0.00000325. The van der Waals surface area contributed by atoms with Crippen molar-refractivity contribution in [1.29, 1.82) is 0 Å². The van der Waals surface area contributed by atoms with Crippen molar-refractivity contribution < 1.29 is 24.2 Å². The number of piperidine rings is 1. The molecule has 2 atom stereocenters. The number of hydrogen-bond donors (Lipinski definition) is 1. The summed E-state index contributed by atoms with van der Waals surface area (Å²) in [5.41, 5.74) is 0.0822. The number of rotatable bonds is 36. The van der Waals surface area contributed by atoms with Crippen LogP contribution >= 0.6 is 0 Å². The Bertz CT molecular complexity index is 792. The molecule has 2 unspecified atom stereocenters. The highest BCUT2D eigenvalue weighted by Gasteiger charge is 2.34. The molecule has 0 amide bonds. The smallest absolute Gasteiger partial charge is 0.308 e. The summed E-state index contributed by atoms with van der Waals surface area (Å²) in [6.07, 6.45) is 34.5. The molecule has 1 aliphatic rings. The van der Waals surface area contributed by atoms with E-state index in [1.165, 1.54) is 103 Å². The SMILES string of the molecule is CCCCCCCCC(CCCCCC)C(=O)OCCC1(CCOC(=O)C(CCCCCC)CCCCCCCC)CCN(C)CC1.CN(C)CCCCO. The highest BCUT2D eigenvalue weighted by molar-refractivity contribution is 5.72. The van der Waals surface area contributed by atoms with E-state index in [-0.39, 0.29) is 29.2 Å². The van der Waals surface area contributed by atoms with Gasteiger partial charge in [-0.1, -0.05) is 156 Å². The summed E-state index contributed by atoms with van der Waals surface area (Å²) in [5.74, 6) is 0.164. The quantitative estimate of drug-likeness (QED) is 0.0501. The Kier molecular flexibility index (Phi) is 37.5. The fourth-order valence-electron chi connectivity index (χ4n) is 7.97. The molecule has 1 rings (SSSR count). The summed E-state index contributed by atoms with van der Waals surface area (Å²) in [6.45, 7) is 13.5. The van der Waals surface area contributed by atoms with E-state index < -0.39 is 0 Å². The van der Waals surface area contributed by atoms with E-state index in [1.807, 2.05) is 14.1 Å². The summed E-state index contributed by atoms with van der Waals surface area (Å²) in [7, 11) is 6.27. The largest absolute Gasteiger partial charge is 0.465 e. The van der Waals surface area contributed by atoms with Crippen LogP contribution in [0.5, 0.6) is 0 Å². The van der Waals surface area contributed by atoms with Crippen LogP contribution in [0.4, 0.5) is 0 Å². The molecular weight excluding hydrogens is 685 g/mol. The number of esters is 2. The van der Waals surface area contributed by atoms with Gasteiger partial charge in [-0.25, -0.2) is 0 Å². The molecular formula is C48H96N2O5. The highest BCUT2D eigenvalue weighted by atomic mass is 16.5. The van der Waals surface area contributed by atoms with Gasteiger partial charge in [-0.15, -0.1) is 0 Å². The second-order valence-corrected chi connectivity index (χ2v) is 17.6. The van der Waals surface area contributed by atoms with Crippen molar-refractivity contribution in [2.75, 3.05) is 60.6 Å². The first-order valence-electron chi connectivity index (χ1n) is 24.0. The molecule has 0 aliphatic carbocycles. The molecule has 0 aromatic heterocycles. The average Bonchev–Trinajstić information content (AvgIpc) is 3.17. The van der Waals surface area contributed by atoms with Crippen molar-refractivity contribution in [2.45, 2.75) is 220 Å². The standard InChI is InChI=1S/C42H81NO4.C6H15NO/c1-6-10-14-18-20-24-28-38(26-22-16-12-8-3)40(44)46-36-32-42(30-34-43(5)35-31-42)33-37-47-41(45)39(27-23-17-13-9-4)29-25-21-19-15-11-7-2;1-7(2)5-3-4-6-8/h38-39H,6-37H2,1-5H3;8H,3-6H2,1-2H3. The van der Waals surface area contributed by atoms with Crippen molar-refractivity contribution >= 4 is 11.9 Å². The summed E-state index contributed by atoms with van der Waals surface area (Å²) in [4.78, 5) is 31.2. The van der Waals surface area contributed by atoms with Crippen molar-refractivity contribution in [3.8, 4) is 0 Å². The third kappa shape index (κ3) is 31.5. The lowest BCUT2D eigenvalue weighted by molar-refractivity contribution is -0.151. The number of carbonyl (C=O) groups is 2. The fourth-order valence-corrected chi connectivity index (χ4v) is 7.97. The molecule has 1 aliphatic heterocycles. The molecule has 7 nitrogen and oxygen atoms in total. The third-order valence-corrected chi connectivity index (χ3v) is 12.1. The van der Waals surface area contributed by atoms with E-state index in [9.17, 15) is 9.59 Å². The van der Waals surface area contributed by atoms with Crippen LogP contribution in [-0.4, -0.2) is 87.4 Å². The molecule has 1 heterocycles. The molecule has 0 spiro atoms. The van der Waals surface area contributed by atoms with Crippen molar-refractivity contribution in [1.82, 2.24) is 9.80 Å². The number of unbranched alkanes of at least 4 members (excludes halogenated alkanes) is 17. The molecule has 0 aromatic rings. The number of aliphatic hydroxyl groups is 1. The number of nitrogens with zero attached hydrogens (tertiary/aromatic N) is 2. The van der Waals surface area contributed by atoms with Gasteiger partial charge in [-0.3, -0.25) is 9.59 Å². The lowest BCUT2D eigenvalue weighted by Gasteiger charge is -2.40. The highest BCUT2D eigenvalue weighted by Crippen LogP contribution is 2.38. The van der Waals surface area contributed by atoms with Gasteiger partial charge in [-0.2, -0.15) is 0 Å². The van der Waals surface area contributed by atoms with Crippen LogP contribution in [0.25, 0.3) is 0 Å². The maximum atomic E-state index is 13.3. The van der Waals surface area contributed by atoms with Crippen LogP contribution in [0, 0.1) is 17.3 Å². The summed E-state index contributed by atoms with van der Waals surface area (Å²) >= 11 is 0. The summed E-state index contributed by atoms with van der Waals surface area (Å²) in [5, 5.41) is 8.36. The van der Waals surface area contributed by atoms with Gasteiger partial charge < -0.3 is 24.4 Å². The molecule has 0 aromatic carbocycles. The van der Waals surface area contributed by atoms with E-state index in [1.54, 1.807) is 0 Å². The van der Waals surface area contributed by atoms with E-state index in [0.29, 0.717) is 19.8 Å². The fraction of sp³-hybridized carbons (Fsp3) is 0.958. The van der Waals surface area contributed by atoms with Crippen LogP contribution in [-0.2, 0) is 19.1 Å².